The molecule has 1 aliphatic heterocycles. The van der Waals surface area contributed by atoms with E-state index >= 15 is 0 Å². The lowest BCUT2D eigenvalue weighted by molar-refractivity contribution is -0.122. The maximum absolute atomic E-state index is 13.1. The Bertz CT molecular complexity index is 794. The third-order valence-corrected chi connectivity index (χ3v) is 3.44. The minimum atomic E-state index is -0.502. The molecule has 5 heteroatoms. The van der Waals surface area contributed by atoms with Gasteiger partial charge in [0.25, 0.3) is 11.8 Å². The Balaban J connectivity index is 2.25. The zero-order valence-electron chi connectivity index (χ0n) is 11.7. The van der Waals surface area contributed by atoms with Crippen LogP contribution in [0.2, 0.25) is 0 Å². The highest BCUT2D eigenvalue weighted by Gasteiger charge is 2.33. The molecule has 3 rings (SSSR count). The Morgan fingerprint density at radius 1 is 0.909 bits per heavy atom. The van der Waals surface area contributed by atoms with Crippen LogP contribution < -0.4 is 10.1 Å². The Kier molecular flexibility index (Phi) is 3.47. The highest BCUT2D eigenvalue weighted by atomic mass is 19.1. The van der Waals surface area contributed by atoms with Gasteiger partial charge in [0.15, 0.2) is 0 Å². The fourth-order valence-electron chi connectivity index (χ4n) is 2.46. The van der Waals surface area contributed by atoms with E-state index in [2.05, 4.69) is 5.32 Å². The monoisotopic (exact) mass is 297 g/mol. The van der Waals surface area contributed by atoms with Gasteiger partial charge in [-0.05, 0) is 23.8 Å². The third kappa shape index (κ3) is 2.26. The van der Waals surface area contributed by atoms with Gasteiger partial charge in [0, 0.05) is 5.56 Å². The molecule has 22 heavy (non-hydrogen) atoms. The number of imide groups is 1. The second-order valence-electron chi connectivity index (χ2n) is 4.74. The number of carbonyl (C=O) groups excluding carboxylic acids is 2. The fraction of sp³-hybridized carbons (Fsp3) is 0.0588. The van der Waals surface area contributed by atoms with Gasteiger partial charge in [0.2, 0.25) is 0 Å². The van der Waals surface area contributed by atoms with E-state index < -0.39 is 17.6 Å². The molecule has 2 amide bonds. The van der Waals surface area contributed by atoms with Crippen LogP contribution in [0.25, 0.3) is 11.1 Å². The molecule has 2 aromatic carbocycles. The van der Waals surface area contributed by atoms with Gasteiger partial charge in [0.1, 0.15) is 11.6 Å². The number of methoxy groups -OCH3 is 1. The molecule has 0 aliphatic carbocycles. The summed E-state index contributed by atoms with van der Waals surface area (Å²) in [5.41, 5.74) is 1.45. The molecule has 1 aliphatic rings. The number of benzene rings is 2. The minimum absolute atomic E-state index is 0.217. The average molecular weight is 297 g/mol. The van der Waals surface area contributed by atoms with Crippen molar-refractivity contribution >= 4 is 23.0 Å². The maximum Gasteiger partial charge on any atom is 0.259 e. The van der Waals surface area contributed by atoms with Gasteiger partial charge in [-0.25, -0.2) is 4.39 Å². The van der Waals surface area contributed by atoms with E-state index in [9.17, 15) is 14.0 Å². The van der Waals surface area contributed by atoms with Crippen molar-refractivity contribution in [2.45, 2.75) is 0 Å². The molecule has 0 spiro atoms. The van der Waals surface area contributed by atoms with Crippen molar-refractivity contribution in [3.05, 3.63) is 65.5 Å². The minimum Gasteiger partial charge on any atom is -0.496 e. The SMILES string of the molecule is COc1ccccc1C1=C(c2ccc(F)cc2)C(=O)NC1=O. The van der Waals surface area contributed by atoms with Crippen molar-refractivity contribution in [3.63, 3.8) is 0 Å². The molecule has 0 radical (unpaired) electrons. The van der Waals surface area contributed by atoms with Gasteiger partial charge in [-0.15, -0.1) is 0 Å². The zero-order valence-corrected chi connectivity index (χ0v) is 11.7. The molecule has 1 N–H and O–H groups in total. The molecule has 1 heterocycles. The predicted molar refractivity (Wildman–Crippen MR) is 79.4 cm³/mol. The van der Waals surface area contributed by atoms with Gasteiger partial charge in [0.05, 0.1) is 18.3 Å². The zero-order chi connectivity index (χ0) is 15.7. The molecule has 0 bridgehead atoms. The molecular formula is C17H12FNO3. The van der Waals surface area contributed by atoms with E-state index in [1.165, 1.54) is 31.4 Å². The largest absolute Gasteiger partial charge is 0.496 e. The summed E-state index contributed by atoms with van der Waals surface area (Å²) in [6.45, 7) is 0. The summed E-state index contributed by atoms with van der Waals surface area (Å²) in [6.07, 6.45) is 0. The quantitative estimate of drug-likeness (QED) is 0.885. The van der Waals surface area contributed by atoms with Gasteiger partial charge >= 0.3 is 0 Å². The Morgan fingerprint density at radius 2 is 1.55 bits per heavy atom. The first-order valence-corrected chi connectivity index (χ1v) is 6.61. The number of hydrogen-bond donors (Lipinski definition) is 1. The number of carbonyl (C=O) groups is 2. The van der Waals surface area contributed by atoms with E-state index in [-0.39, 0.29) is 11.1 Å². The van der Waals surface area contributed by atoms with Gasteiger partial charge in [-0.2, -0.15) is 0 Å². The normalized spacial score (nSPS) is 14.3. The number of rotatable bonds is 3. The van der Waals surface area contributed by atoms with Gasteiger partial charge in [-0.3, -0.25) is 14.9 Å². The molecule has 0 saturated heterocycles. The van der Waals surface area contributed by atoms with Crippen LogP contribution in [0.4, 0.5) is 4.39 Å². The van der Waals surface area contributed by atoms with Crippen LogP contribution >= 0.6 is 0 Å². The van der Waals surface area contributed by atoms with E-state index in [1.54, 1.807) is 24.3 Å². The number of nitrogens with one attached hydrogen (secondary N) is 1. The summed E-state index contributed by atoms with van der Waals surface area (Å²) in [6, 6.07) is 12.4. The van der Waals surface area contributed by atoms with E-state index in [0.717, 1.165) is 0 Å². The van der Waals surface area contributed by atoms with Crippen LogP contribution in [-0.2, 0) is 9.59 Å². The van der Waals surface area contributed by atoms with Crippen LogP contribution in [0.3, 0.4) is 0 Å². The van der Waals surface area contributed by atoms with Crippen LogP contribution in [-0.4, -0.2) is 18.9 Å². The fourth-order valence-corrected chi connectivity index (χ4v) is 2.46. The topological polar surface area (TPSA) is 55.4 Å². The van der Waals surface area contributed by atoms with E-state index in [1.807, 2.05) is 0 Å². The van der Waals surface area contributed by atoms with Crippen molar-refractivity contribution < 1.29 is 18.7 Å². The van der Waals surface area contributed by atoms with Crippen molar-refractivity contribution in [1.29, 1.82) is 0 Å². The predicted octanol–water partition coefficient (Wildman–Crippen LogP) is 2.40. The van der Waals surface area contributed by atoms with Crippen molar-refractivity contribution in [2.24, 2.45) is 0 Å². The number of ether oxygens (including phenoxy) is 1. The lowest BCUT2D eigenvalue weighted by atomic mass is 9.95. The van der Waals surface area contributed by atoms with Crippen molar-refractivity contribution in [3.8, 4) is 5.75 Å². The first kappa shape index (κ1) is 14.0. The molecule has 2 aromatic rings. The summed E-state index contributed by atoms with van der Waals surface area (Å²) >= 11 is 0. The highest BCUT2D eigenvalue weighted by Crippen LogP contribution is 2.35. The lowest BCUT2D eigenvalue weighted by Crippen LogP contribution is -2.22. The molecular weight excluding hydrogens is 285 g/mol. The van der Waals surface area contributed by atoms with Crippen molar-refractivity contribution in [2.75, 3.05) is 7.11 Å². The maximum atomic E-state index is 13.1. The Hall–Kier alpha value is -2.95. The summed E-state index contributed by atoms with van der Waals surface area (Å²) in [5, 5.41) is 2.28. The number of halogens is 1. The third-order valence-electron chi connectivity index (χ3n) is 3.44. The molecule has 0 aromatic heterocycles. The van der Waals surface area contributed by atoms with E-state index in [0.29, 0.717) is 16.9 Å². The first-order valence-electron chi connectivity index (χ1n) is 6.61. The number of amides is 2. The summed E-state index contributed by atoms with van der Waals surface area (Å²) in [7, 11) is 1.49. The number of para-hydroxylation sites is 1. The Labute approximate surface area is 126 Å². The van der Waals surface area contributed by atoms with Gasteiger partial charge in [-0.1, -0.05) is 30.3 Å². The lowest BCUT2D eigenvalue weighted by Gasteiger charge is -2.09. The molecule has 0 fully saturated rings. The van der Waals surface area contributed by atoms with Gasteiger partial charge < -0.3 is 4.74 Å². The van der Waals surface area contributed by atoms with Crippen LogP contribution in [0, 0.1) is 5.82 Å². The van der Waals surface area contributed by atoms with E-state index in [4.69, 9.17) is 4.74 Å². The van der Waals surface area contributed by atoms with Crippen LogP contribution in [0.5, 0.6) is 5.75 Å². The van der Waals surface area contributed by atoms with Crippen molar-refractivity contribution in [1.82, 2.24) is 5.32 Å². The highest BCUT2D eigenvalue weighted by molar-refractivity contribution is 6.49. The number of hydrogen-bond acceptors (Lipinski definition) is 3. The molecule has 110 valence electrons. The molecule has 0 unspecified atom stereocenters. The second kappa shape index (κ2) is 5.44. The summed E-state index contributed by atoms with van der Waals surface area (Å²) < 4.78 is 18.3. The first-order chi connectivity index (χ1) is 10.6. The smallest absolute Gasteiger partial charge is 0.259 e. The molecule has 0 atom stereocenters. The molecule has 4 nitrogen and oxygen atoms in total. The van der Waals surface area contributed by atoms with Crippen LogP contribution in [0.15, 0.2) is 48.5 Å². The average Bonchev–Trinajstić information content (AvgIpc) is 2.82. The second-order valence-corrected chi connectivity index (χ2v) is 4.74. The Morgan fingerprint density at radius 3 is 2.23 bits per heavy atom. The standard InChI is InChI=1S/C17H12FNO3/c1-22-13-5-3-2-4-12(13)15-14(16(20)19-17(15)21)10-6-8-11(18)9-7-10/h2-9H,1H3,(H,19,20,21). The summed E-state index contributed by atoms with van der Waals surface area (Å²) in [5.74, 6) is -0.916. The summed E-state index contributed by atoms with van der Waals surface area (Å²) in [4.78, 5) is 24.3. The molecule has 0 saturated carbocycles. The van der Waals surface area contributed by atoms with Crippen LogP contribution in [0.1, 0.15) is 11.1 Å².